The molecule has 0 saturated carbocycles. The first-order chi connectivity index (χ1) is 6.72. The molecule has 1 unspecified atom stereocenters. The molecule has 0 bridgehead atoms. The van der Waals surface area contributed by atoms with Gasteiger partial charge >= 0.3 is 0 Å². The van der Waals surface area contributed by atoms with E-state index in [0.29, 0.717) is 6.04 Å². The Labute approximate surface area is 87.8 Å². The van der Waals surface area contributed by atoms with Crippen molar-refractivity contribution in [2.24, 2.45) is 5.92 Å². The van der Waals surface area contributed by atoms with Crippen molar-refractivity contribution in [3.8, 4) is 0 Å². The Kier molecular flexibility index (Phi) is 5.45. The van der Waals surface area contributed by atoms with Crippen molar-refractivity contribution >= 4 is 0 Å². The lowest BCUT2D eigenvalue weighted by Crippen LogP contribution is -2.49. The van der Waals surface area contributed by atoms with Crippen LogP contribution in [0, 0.1) is 5.92 Å². The van der Waals surface area contributed by atoms with E-state index in [1.54, 1.807) is 0 Å². The van der Waals surface area contributed by atoms with Crippen LogP contribution in [0.2, 0.25) is 0 Å². The van der Waals surface area contributed by atoms with Crippen molar-refractivity contribution in [3.05, 3.63) is 0 Å². The molecule has 1 fully saturated rings. The van der Waals surface area contributed by atoms with Crippen molar-refractivity contribution in [2.45, 2.75) is 26.8 Å². The molecule has 3 nitrogen and oxygen atoms in total. The summed E-state index contributed by atoms with van der Waals surface area (Å²) in [4.78, 5) is 2.50. The minimum atomic E-state index is 0.530. The van der Waals surface area contributed by atoms with Crippen LogP contribution in [0.1, 0.15) is 20.8 Å². The maximum absolute atomic E-state index is 5.44. The van der Waals surface area contributed by atoms with Crippen LogP contribution in [0.3, 0.4) is 0 Å². The fraction of sp³-hybridized carbons (Fsp3) is 1.00. The lowest BCUT2D eigenvalue weighted by Gasteiger charge is -2.30. The third kappa shape index (κ3) is 4.40. The summed E-state index contributed by atoms with van der Waals surface area (Å²) in [6, 6.07) is 0.530. The van der Waals surface area contributed by atoms with Crippen LogP contribution < -0.4 is 5.32 Å². The molecule has 1 aliphatic heterocycles. The van der Waals surface area contributed by atoms with Gasteiger partial charge in [0.15, 0.2) is 0 Å². The van der Waals surface area contributed by atoms with E-state index in [1.165, 1.54) is 6.54 Å². The maximum Gasteiger partial charge on any atom is 0.0632 e. The van der Waals surface area contributed by atoms with Gasteiger partial charge in [0.2, 0.25) is 0 Å². The Morgan fingerprint density at radius 3 is 2.79 bits per heavy atom. The summed E-state index contributed by atoms with van der Waals surface area (Å²) >= 11 is 0. The van der Waals surface area contributed by atoms with Gasteiger partial charge < -0.3 is 15.0 Å². The first-order valence-corrected chi connectivity index (χ1v) is 5.75. The minimum Gasteiger partial charge on any atom is -0.378 e. The standard InChI is InChI=1S/C11H24N2O/c1-4-13(7-10(2)3)8-11-9-14-6-5-12-11/h10-12H,4-9H2,1-3H3. The molecular weight excluding hydrogens is 176 g/mol. The highest BCUT2D eigenvalue weighted by atomic mass is 16.5. The van der Waals surface area contributed by atoms with Gasteiger partial charge in [-0.25, -0.2) is 0 Å². The molecule has 0 aromatic rings. The molecule has 1 N–H and O–H groups in total. The third-order valence-electron chi connectivity index (χ3n) is 2.55. The number of hydrogen-bond acceptors (Lipinski definition) is 3. The van der Waals surface area contributed by atoms with E-state index < -0.39 is 0 Å². The van der Waals surface area contributed by atoms with Gasteiger partial charge in [0, 0.05) is 25.7 Å². The monoisotopic (exact) mass is 200 g/mol. The molecular formula is C11H24N2O. The third-order valence-corrected chi connectivity index (χ3v) is 2.55. The topological polar surface area (TPSA) is 24.5 Å². The lowest BCUT2D eigenvalue weighted by molar-refractivity contribution is 0.0609. The number of rotatable bonds is 5. The molecule has 0 aromatic carbocycles. The molecule has 0 amide bonds. The van der Waals surface area contributed by atoms with Crippen molar-refractivity contribution in [2.75, 3.05) is 39.4 Å². The highest BCUT2D eigenvalue weighted by Crippen LogP contribution is 2.02. The summed E-state index contributed by atoms with van der Waals surface area (Å²) in [6.07, 6.45) is 0. The van der Waals surface area contributed by atoms with Crippen LogP contribution in [-0.2, 0) is 4.74 Å². The molecule has 0 spiro atoms. The van der Waals surface area contributed by atoms with Gasteiger partial charge in [-0.1, -0.05) is 20.8 Å². The van der Waals surface area contributed by atoms with Crippen LogP contribution in [-0.4, -0.2) is 50.3 Å². The minimum absolute atomic E-state index is 0.530. The zero-order valence-corrected chi connectivity index (χ0v) is 9.75. The summed E-state index contributed by atoms with van der Waals surface area (Å²) in [7, 11) is 0. The van der Waals surface area contributed by atoms with Gasteiger partial charge in [0.05, 0.1) is 13.2 Å². The van der Waals surface area contributed by atoms with Gasteiger partial charge in [-0.05, 0) is 12.5 Å². The first kappa shape index (κ1) is 12.0. The fourth-order valence-corrected chi connectivity index (χ4v) is 1.90. The predicted molar refractivity (Wildman–Crippen MR) is 59.6 cm³/mol. The van der Waals surface area contributed by atoms with Gasteiger partial charge in [0.1, 0.15) is 0 Å². The van der Waals surface area contributed by atoms with Crippen LogP contribution in [0.5, 0.6) is 0 Å². The molecule has 0 radical (unpaired) electrons. The van der Waals surface area contributed by atoms with E-state index in [-0.39, 0.29) is 0 Å². The van der Waals surface area contributed by atoms with Crippen LogP contribution in [0.15, 0.2) is 0 Å². The Hall–Kier alpha value is -0.120. The van der Waals surface area contributed by atoms with Gasteiger partial charge in [-0.15, -0.1) is 0 Å². The smallest absolute Gasteiger partial charge is 0.0632 e. The number of nitrogens with one attached hydrogen (secondary N) is 1. The highest BCUT2D eigenvalue weighted by molar-refractivity contribution is 4.74. The second-order valence-electron chi connectivity index (χ2n) is 4.47. The molecule has 0 aliphatic carbocycles. The maximum atomic E-state index is 5.44. The molecule has 1 aliphatic rings. The zero-order valence-electron chi connectivity index (χ0n) is 9.75. The summed E-state index contributed by atoms with van der Waals surface area (Å²) < 4.78 is 5.44. The summed E-state index contributed by atoms with van der Waals surface area (Å²) in [5, 5.41) is 3.49. The average molecular weight is 200 g/mol. The van der Waals surface area contributed by atoms with Crippen LogP contribution in [0.25, 0.3) is 0 Å². The number of likely N-dealkylation sites (N-methyl/N-ethyl adjacent to an activating group) is 1. The highest BCUT2D eigenvalue weighted by Gasteiger charge is 2.16. The number of morpholine rings is 1. The van der Waals surface area contributed by atoms with Gasteiger partial charge in [0.25, 0.3) is 0 Å². The summed E-state index contributed by atoms with van der Waals surface area (Å²) in [6.45, 7) is 13.0. The molecule has 0 aromatic heterocycles. The van der Waals surface area contributed by atoms with Crippen molar-refractivity contribution < 1.29 is 4.74 Å². The molecule has 14 heavy (non-hydrogen) atoms. The van der Waals surface area contributed by atoms with Gasteiger partial charge in [-0.3, -0.25) is 0 Å². The van der Waals surface area contributed by atoms with Crippen molar-refractivity contribution in [3.63, 3.8) is 0 Å². The van der Waals surface area contributed by atoms with E-state index in [2.05, 4.69) is 31.0 Å². The number of nitrogens with zero attached hydrogens (tertiary/aromatic N) is 1. The van der Waals surface area contributed by atoms with Crippen LogP contribution >= 0.6 is 0 Å². The molecule has 3 heteroatoms. The van der Waals surface area contributed by atoms with E-state index >= 15 is 0 Å². The van der Waals surface area contributed by atoms with Crippen LogP contribution in [0.4, 0.5) is 0 Å². The quantitative estimate of drug-likeness (QED) is 0.715. The first-order valence-electron chi connectivity index (χ1n) is 5.75. The normalized spacial score (nSPS) is 23.4. The average Bonchev–Trinajstić information content (AvgIpc) is 2.17. The largest absolute Gasteiger partial charge is 0.378 e. The number of hydrogen-bond donors (Lipinski definition) is 1. The molecule has 1 heterocycles. The van der Waals surface area contributed by atoms with E-state index in [0.717, 1.165) is 38.8 Å². The fourth-order valence-electron chi connectivity index (χ4n) is 1.90. The Bertz CT molecular complexity index is 144. The number of ether oxygens (including phenoxy) is 1. The van der Waals surface area contributed by atoms with Gasteiger partial charge in [-0.2, -0.15) is 0 Å². The SMILES string of the molecule is CCN(CC(C)C)CC1COCCN1. The molecule has 1 saturated heterocycles. The van der Waals surface area contributed by atoms with Crippen molar-refractivity contribution in [1.82, 2.24) is 10.2 Å². The van der Waals surface area contributed by atoms with Crippen molar-refractivity contribution in [1.29, 1.82) is 0 Å². The Balaban J connectivity index is 2.23. The summed E-state index contributed by atoms with van der Waals surface area (Å²) in [5.74, 6) is 0.749. The Morgan fingerprint density at radius 2 is 2.29 bits per heavy atom. The predicted octanol–water partition coefficient (Wildman–Crippen LogP) is 0.953. The second-order valence-corrected chi connectivity index (χ2v) is 4.47. The molecule has 1 atom stereocenters. The summed E-state index contributed by atoms with van der Waals surface area (Å²) in [5.41, 5.74) is 0. The van der Waals surface area contributed by atoms with E-state index in [9.17, 15) is 0 Å². The molecule has 1 rings (SSSR count). The van der Waals surface area contributed by atoms with E-state index in [4.69, 9.17) is 4.74 Å². The molecule has 84 valence electrons. The lowest BCUT2D eigenvalue weighted by atomic mass is 10.2. The second kappa shape index (κ2) is 6.38. The zero-order chi connectivity index (χ0) is 10.4. The van der Waals surface area contributed by atoms with E-state index in [1.807, 2.05) is 0 Å². The Morgan fingerprint density at radius 1 is 1.50 bits per heavy atom.